The van der Waals surface area contributed by atoms with Crippen LogP contribution in [0.15, 0.2) is 24.3 Å². The van der Waals surface area contributed by atoms with Gasteiger partial charge in [0.1, 0.15) is 0 Å². The molecule has 0 saturated heterocycles. The average Bonchev–Trinajstić information content (AvgIpc) is 2.99. The van der Waals surface area contributed by atoms with Gasteiger partial charge in [0, 0.05) is 5.41 Å². The Morgan fingerprint density at radius 2 is 2.10 bits per heavy atom. The van der Waals surface area contributed by atoms with E-state index in [1.807, 2.05) is 6.07 Å². The molecule has 0 N–H and O–H groups in total. The molecular formula is C18H23NO2. The van der Waals surface area contributed by atoms with Crippen molar-refractivity contribution in [2.45, 2.75) is 51.4 Å². The lowest BCUT2D eigenvalue weighted by Gasteiger charge is -2.33. The van der Waals surface area contributed by atoms with E-state index in [4.69, 9.17) is 4.74 Å². The van der Waals surface area contributed by atoms with E-state index >= 15 is 0 Å². The fraction of sp³-hybridized carbons (Fsp3) is 0.556. The van der Waals surface area contributed by atoms with Crippen molar-refractivity contribution in [3.63, 3.8) is 0 Å². The largest absolute Gasteiger partial charge is 0.465 e. The fourth-order valence-electron chi connectivity index (χ4n) is 3.48. The van der Waals surface area contributed by atoms with Crippen LogP contribution in [-0.2, 0) is 21.4 Å². The standard InChI is InChI=1S/C18H23NO2/c1-3-14-8-7-9-15(12-14)18(10-5-6-11-18)16(13-19)17(20)21-4-2/h7-9,12,16H,3-6,10-11H2,1-2H3. The van der Waals surface area contributed by atoms with Crippen molar-refractivity contribution in [1.29, 1.82) is 5.26 Å². The molecule has 0 aromatic heterocycles. The van der Waals surface area contributed by atoms with Crippen LogP contribution in [0.3, 0.4) is 0 Å². The Morgan fingerprint density at radius 3 is 2.67 bits per heavy atom. The lowest BCUT2D eigenvalue weighted by Crippen LogP contribution is -2.38. The molecule has 1 saturated carbocycles. The molecule has 1 fully saturated rings. The SMILES string of the molecule is CCOC(=O)C(C#N)C1(c2cccc(CC)c2)CCCC1. The molecule has 1 atom stereocenters. The number of hydrogen-bond acceptors (Lipinski definition) is 3. The molecular weight excluding hydrogens is 262 g/mol. The molecule has 1 aromatic rings. The zero-order valence-corrected chi connectivity index (χ0v) is 12.9. The van der Waals surface area contributed by atoms with E-state index in [-0.39, 0.29) is 11.4 Å². The second-order valence-electron chi connectivity index (χ2n) is 5.73. The third kappa shape index (κ3) is 2.95. The third-order valence-electron chi connectivity index (χ3n) is 4.61. The lowest BCUT2D eigenvalue weighted by molar-refractivity contribution is -0.148. The average molecular weight is 285 g/mol. The van der Waals surface area contributed by atoms with Crippen LogP contribution in [0.4, 0.5) is 0 Å². The van der Waals surface area contributed by atoms with E-state index in [2.05, 4.69) is 31.2 Å². The molecule has 1 unspecified atom stereocenters. The van der Waals surface area contributed by atoms with Gasteiger partial charge in [0.2, 0.25) is 0 Å². The summed E-state index contributed by atoms with van der Waals surface area (Å²) in [6.07, 6.45) is 4.86. The molecule has 0 amide bonds. The van der Waals surface area contributed by atoms with E-state index in [0.29, 0.717) is 6.61 Å². The minimum atomic E-state index is -0.702. The quantitative estimate of drug-likeness (QED) is 0.774. The van der Waals surface area contributed by atoms with Crippen molar-refractivity contribution in [3.05, 3.63) is 35.4 Å². The summed E-state index contributed by atoms with van der Waals surface area (Å²) in [4.78, 5) is 12.2. The van der Waals surface area contributed by atoms with Gasteiger partial charge in [-0.05, 0) is 37.3 Å². The summed E-state index contributed by atoms with van der Waals surface area (Å²) < 4.78 is 5.15. The van der Waals surface area contributed by atoms with Gasteiger partial charge in [-0.25, -0.2) is 0 Å². The highest BCUT2D eigenvalue weighted by molar-refractivity contribution is 5.77. The minimum absolute atomic E-state index is 0.322. The van der Waals surface area contributed by atoms with Gasteiger partial charge in [-0.3, -0.25) is 4.79 Å². The second kappa shape index (κ2) is 6.76. The van der Waals surface area contributed by atoms with Crippen molar-refractivity contribution < 1.29 is 9.53 Å². The number of nitriles is 1. The molecule has 0 aliphatic heterocycles. The molecule has 1 aliphatic rings. The summed E-state index contributed by atoms with van der Waals surface area (Å²) in [6.45, 7) is 4.22. The van der Waals surface area contributed by atoms with Crippen LogP contribution in [-0.4, -0.2) is 12.6 Å². The number of ether oxygens (including phenoxy) is 1. The molecule has 0 heterocycles. The topological polar surface area (TPSA) is 50.1 Å². The Hall–Kier alpha value is -1.82. The van der Waals surface area contributed by atoms with Crippen molar-refractivity contribution >= 4 is 5.97 Å². The van der Waals surface area contributed by atoms with Crippen LogP contribution < -0.4 is 0 Å². The summed E-state index contributed by atoms with van der Waals surface area (Å²) >= 11 is 0. The van der Waals surface area contributed by atoms with Crippen LogP contribution in [0.2, 0.25) is 0 Å². The number of carbonyl (C=O) groups excluding carboxylic acids is 1. The first-order chi connectivity index (χ1) is 10.2. The molecule has 21 heavy (non-hydrogen) atoms. The first kappa shape index (κ1) is 15.6. The smallest absolute Gasteiger partial charge is 0.324 e. The minimum Gasteiger partial charge on any atom is -0.465 e. The molecule has 3 heteroatoms. The lowest BCUT2D eigenvalue weighted by atomic mass is 9.69. The number of esters is 1. The Bertz CT molecular complexity index is 538. The van der Waals surface area contributed by atoms with Crippen molar-refractivity contribution in [3.8, 4) is 6.07 Å². The fourth-order valence-corrected chi connectivity index (χ4v) is 3.48. The molecule has 0 bridgehead atoms. The van der Waals surface area contributed by atoms with E-state index in [1.165, 1.54) is 5.56 Å². The van der Waals surface area contributed by atoms with Gasteiger partial charge in [-0.15, -0.1) is 0 Å². The van der Waals surface area contributed by atoms with Crippen molar-refractivity contribution in [1.82, 2.24) is 0 Å². The predicted octanol–water partition coefficient (Wildman–Crippen LogP) is 3.76. The maximum atomic E-state index is 12.2. The number of carbonyl (C=O) groups is 1. The molecule has 0 spiro atoms. The van der Waals surface area contributed by atoms with Crippen LogP contribution in [0, 0.1) is 17.2 Å². The Balaban J connectivity index is 2.44. The van der Waals surface area contributed by atoms with Crippen LogP contribution in [0.1, 0.15) is 50.7 Å². The maximum absolute atomic E-state index is 12.2. The van der Waals surface area contributed by atoms with Crippen LogP contribution in [0.5, 0.6) is 0 Å². The molecule has 0 radical (unpaired) electrons. The van der Waals surface area contributed by atoms with Crippen molar-refractivity contribution in [2.24, 2.45) is 5.92 Å². The highest BCUT2D eigenvalue weighted by Crippen LogP contribution is 2.47. The summed E-state index contributed by atoms with van der Waals surface area (Å²) in [5.41, 5.74) is 2.00. The Kier molecular flexibility index (Phi) is 5.01. The first-order valence-corrected chi connectivity index (χ1v) is 7.83. The normalized spacial score (nSPS) is 18.0. The Labute approximate surface area is 126 Å². The van der Waals surface area contributed by atoms with Gasteiger partial charge >= 0.3 is 5.97 Å². The van der Waals surface area contributed by atoms with Crippen LogP contribution in [0.25, 0.3) is 0 Å². The number of aryl methyl sites for hydroxylation is 1. The van der Waals surface area contributed by atoms with E-state index < -0.39 is 5.92 Å². The number of benzene rings is 1. The molecule has 1 aromatic carbocycles. The molecule has 112 valence electrons. The summed E-state index contributed by atoms with van der Waals surface area (Å²) in [5, 5.41) is 9.59. The third-order valence-corrected chi connectivity index (χ3v) is 4.61. The molecule has 3 nitrogen and oxygen atoms in total. The highest BCUT2D eigenvalue weighted by Gasteiger charge is 2.47. The van der Waals surface area contributed by atoms with Gasteiger partial charge < -0.3 is 4.74 Å². The zero-order chi connectivity index (χ0) is 15.3. The maximum Gasteiger partial charge on any atom is 0.324 e. The van der Waals surface area contributed by atoms with E-state index in [9.17, 15) is 10.1 Å². The summed E-state index contributed by atoms with van der Waals surface area (Å²) in [5.74, 6) is -1.07. The van der Waals surface area contributed by atoms with Gasteiger partial charge in [-0.2, -0.15) is 5.26 Å². The van der Waals surface area contributed by atoms with Gasteiger partial charge in [0.25, 0.3) is 0 Å². The monoisotopic (exact) mass is 285 g/mol. The van der Waals surface area contributed by atoms with Crippen molar-refractivity contribution in [2.75, 3.05) is 6.61 Å². The zero-order valence-electron chi connectivity index (χ0n) is 12.9. The summed E-state index contributed by atoms with van der Waals surface area (Å²) in [7, 11) is 0. The van der Waals surface area contributed by atoms with E-state index in [1.54, 1.807) is 6.92 Å². The Morgan fingerprint density at radius 1 is 1.38 bits per heavy atom. The van der Waals surface area contributed by atoms with Gasteiger partial charge in [-0.1, -0.05) is 44.0 Å². The predicted molar refractivity (Wildman–Crippen MR) is 81.7 cm³/mol. The summed E-state index contributed by atoms with van der Waals surface area (Å²) in [6, 6.07) is 10.6. The first-order valence-electron chi connectivity index (χ1n) is 7.83. The van der Waals surface area contributed by atoms with Crippen LogP contribution >= 0.6 is 0 Å². The second-order valence-corrected chi connectivity index (χ2v) is 5.73. The molecule has 2 rings (SSSR count). The number of nitrogens with zero attached hydrogens (tertiary/aromatic N) is 1. The molecule has 1 aliphatic carbocycles. The highest BCUT2D eigenvalue weighted by atomic mass is 16.5. The van der Waals surface area contributed by atoms with Gasteiger partial charge in [0.05, 0.1) is 12.7 Å². The van der Waals surface area contributed by atoms with Gasteiger partial charge in [0.15, 0.2) is 5.92 Å². The number of hydrogen-bond donors (Lipinski definition) is 0. The number of rotatable bonds is 5. The van der Waals surface area contributed by atoms with E-state index in [0.717, 1.165) is 37.7 Å².